The Morgan fingerprint density at radius 3 is 2.24 bits per heavy atom. The second kappa shape index (κ2) is 7.05. The van der Waals surface area contributed by atoms with Gasteiger partial charge in [-0.3, -0.25) is 0 Å². The van der Waals surface area contributed by atoms with Gasteiger partial charge >= 0.3 is 17.3 Å². The van der Waals surface area contributed by atoms with Crippen molar-refractivity contribution in [3.63, 3.8) is 0 Å². The van der Waals surface area contributed by atoms with Crippen molar-refractivity contribution in [2.75, 3.05) is 0 Å². The third-order valence-electron chi connectivity index (χ3n) is 2.99. The Morgan fingerprint density at radius 1 is 1.18 bits per heavy atom. The number of ether oxygens (including phenoxy) is 1. The zero-order chi connectivity index (χ0) is 12.7. The van der Waals surface area contributed by atoms with E-state index in [0.29, 0.717) is 12.1 Å². The summed E-state index contributed by atoms with van der Waals surface area (Å²) < 4.78 is 13.2. The van der Waals surface area contributed by atoms with Gasteiger partial charge in [0.15, 0.2) is 0 Å². The molecule has 1 aromatic rings. The van der Waals surface area contributed by atoms with Gasteiger partial charge in [-0.1, -0.05) is 6.92 Å². The topological polar surface area (TPSA) is 54.9 Å². The summed E-state index contributed by atoms with van der Waals surface area (Å²) in [7, 11) is 0. The van der Waals surface area contributed by atoms with Gasteiger partial charge in [-0.25, -0.2) is 9.97 Å². The van der Waals surface area contributed by atoms with E-state index in [2.05, 4.69) is 23.5 Å². The van der Waals surface area contributed by atoms with Gasteiger partial charge in [0.25, 0.3) is 0 Å². The predicted molar refractivity (Wildman–Crippen MR) is 62.7 cm³/mol. The third-order valence-corrected chi connectivity index (χ3v) is 2.99. The number of hydrogen-bond donors (Lipinski definition) is 0. The quantitative estimate of drug-likeness (QED) is 0.584. The summed E-state index contributed by atoms with van der Waals surface area (Å²) in [5.74, 6) is 0.851. The first-order valence-corrected chi connectivity index (χ1v) is 5.90. The Kier molecular flexibility index (Phi) is 5.67. The molecular weight excluding hydrogens is 216 g/mol. The van der Waals surface area contributed by atoms with E-state index in [4.69, 9.17) is 9.39 Å². The number of aromatic nitrogens is 2. The summed E-state index contributed by atoms with van der Waals surface area (Å²) in [5.41, 5.74) is 1.07. The molecule has 2 rings (SSSR count). The van der Waals surface area contributed by atoms with Crippen molar-refractivity contribution in [3.8, 4) is 6.01 Å². The Bertz CT molecular complexity index is 340. The Labute approximate surface area is 102 Å². The van der Waals surface area contributed by atoms with Gasteiger partial charge in [0.1, 0.15) is 6.10 Å². The van der Waals surface area contributed by atoms with Gasteiger partial charge in [-0.05, 0) is 44.1 Å². The van der Waals surface area contributed by atoms with Crippen molar-refractivity contribution >= 4 is 0 Å². The molecule has 4 heteroatoms. The molecule has 0 radical (unpaired) electrons. The molecule has 0 N–H and O–H groups in total. The van der Waals surface area contributed by atoms with Crippen LogP contribution in [-0.2, 0) is 4.65 Å². The molecular formula is C13H18N2O2. The molecule has 0 aliphatic heterocycles. The van der Waals surface area contributed by atoms with Crippen molar-refractivity contribution in [2.24, 2.45) is 5.92 Å². The molecule has 92 valence electrons. The standard InChI is InChI=1S/C12H18N2O.CO/c1-9-3-5-11(6-4-9)15-12-13-7-10(2)8-14-12;1-2/h7-9,11H,3-6H2,1-2H3;. The average Bonchev–Trinajstić information content (AvgIpc) is 2.37. The molecule has 1 aliphatic rings. The van der Waals surface area contributed by atoms with E-state index in [1.54, 1.807) is 12.4 Å². The minimum atomic E-state index is 0.323. The first kappa shape index (κ1) is 13.7. The molecule has 0 aromatic carbocycles. The second-order valence-corrected chi connectivity index (χ2v) is 4.54. The van der Waals surface area contributed by atoms with Gasteiger partial charge in [-0.2, -0.15) is 0 Å². The second-order valence-electron chi connectivity index (χ2n) is 4.54. The van der Waals surface area contributed by atoms with Gasteiger partial charge in [0, 0.05) is 12.4 Å². The van der Waals surface area contributed by atoms with Gasteiger partial charge < -0.3 is 4.74 Å². The van der Waals surface area contributed by atoms with E-state index in [9.17, 15) is 0 Å². The van der Waals surface area contributed by atoms with Crippen LogP contribution in [0.5, 0.6) is 6.01 Å². The van der Waals surface area contributed by atoms with E-state index in [-0.39, 0.29) is 0 Å². The Hall–Kier alpha value is -1.38. The monoisotopic (exact) mass is 234 g/mol. The Morgan fingerprint density at radius 2 is 1.71 bits per heavy atom. The van der Waals surface area contributed by atoms with E-state index in [0.717, 1.165) is 24.3 Å². The van der Waals surface area contributed by atoms with Crippen LogP contribution >= 0.6 is 0 Å². The van der Waals surface area contributed by atoms with Crippen LogP contribution in [-0.4, -0.2) is 16.1 Å². The minimum absolute atomic E-state index is 0.323. The van der Waals surface area contributed by atoms with Crippen LogP contribution in [0.15, 0.2) is 12.4 Å². The van der Waals surface area contributed by atoms with Crippen LogP contribution in [0.1, 0.15) is 38.2 Å². The van der Waals surface area contributed by atoms with Crippen LogP contribution in [0.25, 0.3) is 0 Å². The van der Waals surface area contributed by atoms with E-state index in [1.165, 1.54) is 12.8 Å². The van der Waals surface area contributed by atoms with Crippen molar-refractivity contribution in [1.29, 1.82) is 0 Å². The van der Waals surface area contributed by atoms with Gasteiger partial charge in [0.2, 0.25) is 0 Å². The fourth-order valence-corrected chi connectivity index (χ4v) is 1.94. The number of rotatable bonds is 2. The summed E-state index contributed by atoms with van der Waals surface area (Å²) in [6.45, 7) is 8.78. The molecule has 0 saturated heterocycles. The van der Waals surface area contributed by atoms with Crippen LogP contribution < -0.4 is 4.74 Å². The maximum absolute atomic E-state index is 7.50. The number of aryl methyl sites for hydroxylation is 1. The van der Waals surface area contributed by atoms with Crippen molar-refractivity contribution < 1.29 is 9.39 Å². The summed E-state index contributed by atoms with van der Waals surface area (Å²) in [6, 6.07) is 0.528. The SMILES string of the molecule is Cc1cnc(OC2CCC(C)CC2)nc1.[C-]#[O+]. The molecule has 0 amide bonds. The summed E-state index contributed by atoms with van der Waals surface area (Å²) in [6.07, 6.45) is 8.72. The van der Waals surface area contributed by atoms with Gasteiger partial charge in [0.05, 0.1) is 0 Å². The molecule has 1 fully saturated rings. The summed E-state index contributed by atoms with van der Waals surface area (Å²) >= 11 is 0. The molecule has 1 aliphatic carbocycles. The third kappa shape index (κ3) is 4.55. The van der Waals surface area contributed by atoms with E-state index < -0.39 is 0 Å². The molecule has 0 bridgehead atoms. The van der Waals surface area contributed by atoms with Crippen molar-refractivity contribution in [3.05, 3.63) is 24.6 Å². The number of hydrogen-bond acceptors (Lipinski definition) is 3. The Balaban J connectivity index is 0.000000686. The molecule has 1 heterocycles. The fourth-order valence-electron chi connectivity index (χ4n) is 1.94. The zero-order valence-electron chi connectivity index (χ0n) is 10.3. The normalized spacial score (nSPS) is 23.3. The molecule has 1 aromatic heterocycles. The maximum atomic E-state index is 7.50. The van der Waals surface area contributed by atoms with Crippen LogP contribution in [0, 0.1) is 19.5 Å². The van der Waals surface area contributed by atoms with Crippen LogP contribution in [0.3, 0.4) is 0 Å². The average molecular weight is 234 g/mol. The van der Waals surface area contributed by atoms with Crippen molar-refractivity contribution in [2.45, 2.75) is 45.6 Å². The van der Waals surface area contributed by atoms with Crippen LogP contribution in [0.4, 0.5) is 0 Å². The van der Waals surface area contributed by atoms with Gasteiger partial charge in [-0.15, -0.1) is 0 Å². The molecule has 0 spiro atoms. The van der Waals surface area contributed by atoms with Crippen molar-refractivity contribution in [1.82, 2.24) is 9.97 Å². The first-order valence-electron chi connectivity index (χ1n) is 5.90. The fraction of sp³-hybridized carbons (Fsp3) is 0.615. The summed E-state index contributed by atoms with van der Waals surface area (Å²) in [5, 5.41) is 0. The molecule has 4 nitrogen and oxygen atoms in total. The van der Waals surface area contributed by atoms with E-state index in [1.807, 2.05) is 6.92 Å². The molecule has 17 heavy (non-hydrogen) atoms. The number of nitrogens with zero attached hydrogens (tertiary/aromatic N) is 2. The first-order chi connectivity index (χ1) is 8.24. The van der Waals surface area contributed by atoms with E-state index >= 15 is 0 Å². The molecule has 0 unspecified atom stereocenters. The molecule has 1 saturated carbocycles. The zero-order valence-corrected chi connectivity index (χ0v) is 10.3. The van der Waals surface area contributed by atoms with Crippen LogP contribution in [0.2, 0.25) is 0 Å². The summed E-state index contributed by atoms with van der Waals surface area (Å²) in [4.78, 5) is 8.32. The molecule has 0 atom stereocenters. The predicted octanol–water partition coefficient (Wildman–Crippen LogP) is 2.71.